The van der Waals surface area contributed by atoms with Crippen molar-refractivity contribution >= 4 is 29.1 Å². The van der Waals surface area contributed by atoms with Crippen LogP contribution >= 0.6 is 23.1 Å². The molecule has 15 heavy (non-hydrogen) atoms. The number of ether oxygens (including phenoxy) is 1. The standard InChI is InChI=1S/C9H10N2O2S2/c1-2-13-8(12)9(11-4-6-15-9)7-10-3-5-14-7/h3-6,11H,2H2,1H3. The number of thiazole rings is 1. The highest BCUT2D eigenvalue weighted by Gasteiger charge is 2.46. The average Bonchev–Trinajstić information content (AvgIpc) is 2.90. The first-order valence-corrected chi connectivity index (χ1v) is 6.23. The van der Waals surface area contributed by atoms with Crippen molar-refractivity contribution in [3.05, 3.63) is 28.2 Å². The molecule has 1 aliphatic rings. The van der Waals surface area contributed by atoms with E-state index in [1.165, 1.54) is 23.1 Å². The largest absolute Gasteiger partial charge is 0.463 e. The first-order chi connectivity index (χ1) is 7.29. The molecule has 0 bridgehead atoms. The quantitative estimate of drug-likeness (QED) is 0.817. The summed E-state index contributed by atoms with van der Waals surface area (Å²) in [4.78, 5) is 15.2. The third-order valence-electron chi connectivity index (χ3n) is 1.90. The van der Waals surface area contributed by atoms with Gasteiger partial charge >= 0.3 is 5.97 Å². The lowest BCUT2D eigenvalue weighted by molar-refractivity contribution is -0.147. The van der Waals surface area contributed by atoms with Crippen molar-refractivity contribution < 1.29 is 9.53 Å². The SMILES string of the molecule is CCOC(=O)C1(c2nccs2)NC=CS1. The molecule has 1 aromatic heterocycles. The minimum Gasteiger partial charge on any atom is -0.463 e. The number of hydrogen-bond donors (Lipinski definition) is 1. The lowest BCUT2D eigenvalue weighted by atomic mass is 10.3. The van der Waals surface area contributed by atoms with E-state index in [9.17, 15) is 4.79 Å². The number of rotatable bonds is 3. The van der Waals surface area contributed by atoms with Crippen molar-refractivity contribution in [2.75, 3.05) is 6.61 Å². The van der Waals surface area contributed by atoms with Crippen LogP contribution in [-0.2, 0) is 14.4 Å². The van der Waals surface area contributed by atoms with E-state index in [4.69, 9.17) is 4.74 Å². The third kappa shape index (κ3) is 1.74. The molecule has 1 unspecified atom stereocenters. The van der Waals surface area contributed by atoms with Gasteiger partial charge in [0.1, 0.15) is 5.01 Å². The number of thioether (sulfide) groups is 1. The molecular weight excluding hydrogens is 232 g/mol. The predicted octanol–water partition coefficient (Wildman–Crippen LogP) is 1.67. The zero-order valence-corrected chi connectivity index (χ0v) is 9.73. The van der Waals surface area contributed by atoms with Crippen LogP contribution in [0.2, 0.25) is 0 Å². The molecule has 2 rings (SSSR count). The van der Waals surface area contributed by atoms with Crippen LogP contribution in [0.3, 0.4) is 0 Å². The molecule has 1 N–H and O–H groups in total. The van der Waals surface area contributed by atoms with Gasteiger partial charge in [-0.2, -0.15) is 0 Å². The summed E-state index contributed by atoms with van der Waals surface area (Å²) in [6.45, 7) is 2.16. The third-order valence-corrected chi connectivity index (χ3v) is 4.02. The molecule has 0 radical (unpaired) electrons. The zero-order chi connectivity index (χ0) is 10.7. The van der Waals surface area contributed by atoms with Crippen LogP contribution in [0.25, 0.3) is 0 Å². The summed E-state index contributed by atoms with van der Waals surface area (Å²) >= 11 is 2.82. The first-order valence-electron chi connectivity index (χ1n) is 4.47. The van der Waals surface area contributed by atoms with Crippen LogP contribution in [0.5, 0.6) is 0 Å². The molecule has 80 valence electrons. The second-order valence-electron chi connectivity index (χ2n) is 2.80. The molecule has 0 saturated heterocycles. The number of nitrogens with zero attached hydrogens (tertiary/aromatic N) is 1. The van der Waals surface area contributed by atoms with Crippen LogP contribution in [0.1, 0.15) is 11.9 Å². The normalized spacial score (nSPS) is 23.8. The molecule has 0 aliphatic carbocycles. The maximum atomic E-state index is 11.9. The van der Waals surface area contributed by atoms with E-state index in [0.717, 1.165) is 5.01 Å². The van der Waals surface area contributed by atoms with E-state index in [0.29, 0.717) is 6.61 Å². The average molecular weight is 242 g/mol. The fourth-order valence-electron chi connectivity index (χ4n) is 1.26. The zero-order valence-electron chi connectivity index (χ0n) is 8.10. The fraction of sp³-hybridized carbons (Fsp3) is 0.333. The number of aromatic nitrogens is 1. The summed E-state index contributed by atoms with van der Waals surface area (Å²) in [6.07, 6.45) is 3.42. The highest BCUT2D eigenvalue weighted by Crippen LogP contribution is 2.40. The van der Waals surface area contributed by atoms with E-state index >= 15 is 0 Å². The van der Waals surface area contributed by atoms with Gasteiger partial charge in [-0.1, -0.05) is 11.8 Å². The maximum absolute atomic E-state index is 11.9. The Kier molecular flexibility index (Phi) is 2.97. The van der Waals surface area contributed by atoms with E-state index in [1.54, 1.807) is 19.3 Å². The Morgan fingerprint density at radius 2 is 2.60 bits per heavy atom. The Morgan fingerprint density at radius 1 is 1.73 bits per heavy atom. The minimum absolute atomic E-state index is 0.296. The van der Waals surface area contributed by atoms with Crippen molar-refractivity contribution in [2.24, 2.45) is 0 Å². The van der Waals surface area contributed by atoms with Crippen LogP contribution < -0.4 is 5.32 Å². The van der Waals surface area contributed by atoms with Crippen LogP contribution in [0.4, 0.5) is 0 Å². The van der Waals surface area contributed by atoms with Gasteiger partial charge in [-0.25, -0.2) is 9.78 Å². The van der Waals surface area contributed by atoms with Gasteiger partial charge in [-0.3, -0.25) is 0 Å². The maximum Gasteiger partial charge on any atom is 0.350 e. The molecule has 2 heterocycles. The van der Waals surface area contributed by atoms with Gasteiger partial charge < -0.3 is 10.1 Å². The number of hydrogen-bond acceptors (Lipinski definition) is 6. The van der Waals surface area contributed by atoms with Crippen molar-refractivity contribution in [3.8, 4) is 0 Å². The Labute approximate surface area is 95.7 Å². The number of nitrogens with one attached hydrogen (secondary N) is 1. The smallest absolute Gasteiger partial charge is 0.350 e. The van der Waals surface area contributed by atoms with E-state index in [1.807, 2.05) is 10.8 Å². The Hall–Kier alpha value is -1.01. The summed E-state index contributed by atoms with van der Waals surface area (Å²) in [5.74, 6) is -0.296. The van der Waals surface area contributed by atoms with Gasteiger partial charge in [0.2, 0.25) is 4.87 Å². The van der Waals surface area contributed by atoms with Gasteiger partial charge in [0.15, 0.2) is 0 Å². The van der Waals surface area contributed by atoms with E-state index < -0.39 is 4.87 Å². The van der Waals surface area contributed by atoms with E-state index in [-0.39, 0.29) is 5.97 Å². The molecular formula is C9H10N2O2S2. The molecule has 0 aromatic carbocycles. The number of esters is 1. The van der Waals surface area contributed by atoms with Crippen LogP contribution in [0, 0.1) is 0 Å². The van der Waals surface area contributed by atoms with Gasteiger partial charge in [0.05, 0.1) is 6.61 Å². The summed E-state index contributed by atoms with van der Waals surface area (Å²) < 4.78 is 5.06. The van der Waals surface area contributed by atoms with Crippen molar-refractivity contribution in [2.45, 2.75) is 11.8 Å². The van der Waals surface area contributed by atoms with Crippen molar-refractivity contribution in [1.82, 2.24) is 10.3 Å². The lowest BCUT2D eigenvalue weighted by Gasteiger charge is -2.23. The summed E-state index contributed by atoms with van der Waals surface area (Å²) in [5.41, 5.74) is 0. The van der Waals surface area contributed by atoms with Gasteiger partial charge in [0.25, 0.3) is 0 Å². The van der Waals surface area contributed by atoms with Gasteiger partial charge in [-0.15, -0.1) is 11.3 Å². The topological polar surface area (TPSA) is 51.2 Å². The Bertz CT molecular complexity index is 367. The van der Waals surface area contributed by atoms with Crippen molar-refractivity contribution in [3.63, 3.8) is 0 Å². The Balaban J connectivity index is 2.29. The predicted molar refractivity (Wildman–Crippen MR) is 60.3 cm³/mol. The molecule has 6 heteroatoms. The fourth-order valence-corrected chi connectivity index (χ4v) is 3.01. The summed E-state index contributed by atoms with van der Waals surface area (Å²) in [6, 6.07) is 0. The monoisotopic (exact) mass is 242 g/mol. The lowest BCUT2D eigenvalue weighted by Crippen LogP contribution is -2.42. The first kappa shape index (κ1) is 10.5. The van der Waals surface area contributed by atoms with E-state index in [2.05, 4.69) is 10.3 Å². The molecule has 0 amide bonds. The number of carbonyl (C=O) groups is 1. The molecule has 1 atom stereocenters. The Morgan fingerprint density at radius 3 is 3.13 bits per heavy atom. The van der Waals surface area contributed by atoms with Crippen molar-refractivity contribution in [1.29, 1.82) is 0 Å². The molecule has 0 saturated carbocycles. The van der Waals surface area contributed by atoms with Crippen LogP contribution in [-0.4, -0.2) is 17.6 Å². The summed E-state index contributed by atoms with van der Waals surface area (Å²) in [7, 11) is 0. The second-order valence-corrected chi connectivity index (χ2v) is 4.82. The summed E-state index contributed by atoms with van der Waals surface area (Å²) in [5, 5.41) is 7.41. The minimum atomic E-state index is -0.871. The highest BCUT2D eigenvalue weighted by molar-refractivity contribution is 8.04. The highest BCUT2D eigenvalue weighted by atomic mass is 32.2. The number of carbonyl (C=O) groups excluding carboxylic acids is 1. The molecule has 0 fully saturated rings. The second kappa shape index (κ2) is 4.24. The van der Waals surface area contributed by atoms with Gasteiger partial charge in [0, 0.05) is 17.8 Å². The molecule has 1 aliphatic heterocycles. The van der Waals surface area contributed by atoms with Gasteiger partial charge in [-0.05, 0) is 12.3 Å². The molecule has 4 nitrogen and oxygen atoms in total. The molecule has 1 aromatic rings. The van der Waals surface area contributed by atoms with Crippen LogP contribution in [0.15, 0.2) is 23.2 Å². The molecule has 0 spiro atoms.